The molecule has 0 aliphatic carbocycles. The van der Waals surface area contributed by atoms with Crippen molar-refractivity contribution in [2.24, 2.45) is 0 Å². The molecule has 37 heavy (non-hydrogen) atoms. The summed E-state index contributed by atoms with van der Waals surface area (Å²) in [7, 11) is 0. The van der Waals surface area contributed by atoms with Crippen molar-refractivity contribution < 1.29 is 28.2 Å². The summed E-state index contributed by atoms with van der Waals surface area (Å²) >= 11 is 6.16. The maximum atomic E-state index is 14.1. The van der Waals surface area contributed by atoms with E-state index in [2.05, 4.69) is 4.98 Å². The predicted octanol–water partition coefficient (Wildman–Crippen LogP) is 5.82. The van der Waals surface area contributed by atoms with Crippen LogP contribution in [0, 0.1) is 19.7 Å². The van der Waals surface area contributed by atoms with Gasteiger partial charge in [0, 0.05) is 6.42 Å². The van der Waals surface area contributed by atoms with E-state index >= 15 is 0 Å². The zero-order chi connectivity index (χ0) is 26.1. The third kappa shape index (κ3) is 5.35. The van der Waals surface area contributed by atoms with Crippen molar-refractivity contribution in [2.45, 2.75) is 38.7 Å². The monoisotopic (exact) mass is 522 g/mol. The largest absolute Gasteiger partial charge is 0.459 e. The molecule has 1 aliphatic rings. The molecule has 0 amide bonds. The summed E-state index contributed by atoms with van der Waals surface area (Å²) in [6.07, 6.45) is -0.396. The van der Waals surface area contributed by atoms with Crippen LogP contribution >= 0.6 is 11.6 Å². The minimum absolute atomic E-state index is 0.142. The lowest BCUT2D eigenvalue weighted by atomic mass is 10.1. The zero-order valence-electron chi connectivity index (χ0n) is 20.2. The molecule has 1 aromatic heterocycles. The molecule has 1 fully saturated rings. The fraction of sp³-hybridized carbons (Fsp3) is 0.250. The van der Waals surface area contributed by atoms with Gasteiger partial charge in [0.2, 0.25) is 0 Å². The van der Waals surface area contributed by atoms with Gasteiger partial charge in [-0.05, 0) is 50.2 Å². The molecule has 0 spiro atoms. The number of hydrogen-bond donors (Lipinski definition) is 0. The minimum Gasteiger partial charge on any atom is -0.459 e. The first-order chi connectivity index (χ1) is 17.8. The minimum atomic E-state index is -0.754. The fourth-order valence-corrected chi connectivity index (χ4v) is 4.51. The van der Waals surface area contributed by atoms with Crippen molar-refractivity contribution in [2.75, 3.05) is 6.61 Å². The van der Waals surface area contributed by atoms with Crippen molar-refractivity contribution in [1.82, 2.24) is 9.55 Å². The van der Waals surface area contributed by atoms with Crippen LogP contribution in [-0.2, 0) is 14.2 Å². The highest BCUT2D eigenvalue weighted by atomic mass is 35.5. The highest BCUT2D eigenvalue weighted by Gasteiger charge is 2.40. The van der Waals surface area contributed by atoms with Crippen LogP contribution in [0.5, 0.6) is 0 Å². The van der Waals surface area contributed by atoms with Crippen molar-refractivity contribution in [3.8, 4) is 0 Å². The second-order valence-corrected chi connectivity index (χ2v) is 9.45. The Balaban J connectivity index is 1.37. The molecule has 5 rings (SSSR count). The lowest BCUT2D eigenvalue weighted by Crippen LogP contribution is -2.32. The number of carbonyl (C=O) groups excluding carboxylic acids is 2. The molecule has 1 aliphatic heterocycles. The van der Waals surface area contributed by atoms with Crippen LogP contribution in [0.1, 0.15) is 44.5 Å². The van der Waals surface area contributed by atoms with E-state index in [0.717, 1.165) is 11.1 Å². The van der Waals surface area contributed by atoms with Crippen molar-refractivity contribution in [1.29, 1.82) is 0 Å². The predicted molar refractivity (Wildman–Crippen MR) is 135 cm³/mol. The summed E-state index contributed by atoms with van der Waals surface area (Å²) in [6, 6.07) is 16.5. The standard InChI is InChI=1S/C28H24ClFN2O5/c1-16-3-7-18(8-4-16)27(33)35-14-24-23(37-28(34)19-9-5-17(2)6-10-19)13-25(36-24)32-15-31-26-21(29)11-20(30)12-22(26)32/h3-12,15,23-25H,13-14H2,1-2H3/t23?,24-,25-/m1/s1. The van der Waals surface area contributed by atoms with Gasteiger partial charge in [-0.2, -0.15) is 0 Å². The Bertz CT molecular complexity index is 1450. The number of carbonyl (C=O) groups is 2. The first-order valence-electron chi connectivity index (χ1n) is 11.8. The van der Waals surface area contributed by atoms with E-state index in [1.54, 1.807) is 28.8 Å². The highest BCUT2D eigenvalue weighted by Crippen LogP contribution is 2.35. The summed E-state index contributed by atoms with van der Waals surface area (Å²) in [5.74, 6) is -1.55. The van der Waals surface area contributed by atoms with Gasteiger partial charge in [-0.3, -0.25) is 0 Å². The molecule has 4 aromatic rings. The SMILES string of the molecule is Cc1ccc(C(=O)OC[C@H]2O[C@@H](n3cnc4c(Cl)cc(F)cc43)CC2OC(=O)c2ccc(C)cc2)cc1. The van der Waals surface area contributed by atoms with Crippen LogP contribution in [0.4, 0.5) is 4.39 Å². The van der Waals surface area contributed by atoms with E-state index in [0.29, 0.717) is 22.2 Å². The number of ether oxygens (including phenoxy) is 3. The average molecular weight is 523 g/mol. The Hall–Kier alpha value is -3.75. The number of benzene rings is 3. The van der Waals surface area contributed by atoms with Crippen LogP contribution in [0.3, 0.4) is 0 Å². The van der Waals surface area contributed by atoms with Crippen molar-refractivity contribution in [3.63, 3.8) is 0 Å². The van der Waals surface area contributed by atoms with Crippen LogP contribution in [0.25, 0.3) is 11.0 Å². The first-order valence-corrected chi connectivity index (χ1v) is 12.1. The van der Waals surface area contributed by atoms with Gasteiger partial charge in [-0.1, -0.05) is 47.0 Å². The molecule has 3 atom stereocenters. The molecule has 0 bridgehead atoms. The molecule has 9 heteroatoms. The molecule has 190 valence electrons. The Morgan fingerprint density at radius 1 is 1.03 bits per heavy atom. The Kier molecular flexibility index (Phi) is 6.95. The molecule has 2 heterocycles. The smallest absolute Gasteiger partial charge is 0.338 e. The quantitative estimate of drug-likeness (QED) is 0.297. The topological polar surface area (TPSA) is 79.7 Å². The van der Waals surface area contributed by atoms with Gasteiger partial charge in [0.15, 0.2) is 0 Å². The molecule has 0 saturated carbocycles. The maximum absolute atomic E-state index is 14.1. The molecule has 0 N–H and O–H groups in total. The lowest BCUT2D eigenvalue weighted by Gasteiger charge is -2.19. The van der Waals surface area contributed by atoms with Crippen LogP contribution in [0.2, 0.25) is 5.02 Å². The van der Waals surface area contributed by atoms with Gasteiger partial charge in [0.05, 0.1) is 28.0 Å². The van der Waals surface area contributed by atoms with Crippen LogP contribution in [0.15, 0.2) is 67.0 Å². The van der Waals surface area contributed by atoms with Crippen LogP contribution in [-0.4, -0.2) is 40.3 Å². The number of aromatic nitrogens is 2. The van der Waals surface area contributed by atoms with E-state index < -0.39 is 36.2 Å². The van der Waals surface area contributed by atoms with Gasteiger partial charge in [0.25, 0.3) is 0 Å². The van der Waals surface area contributed by atoms with E-state index in [9.17, 15) is 14.0 Å². The van der Waals surface area contributed by atoms with Gasteiger partial charge in [0.1, 0.15) is 36.4 Å². The lowest BCUT2D eigenvalue weighted by molar-refractivity contribution is -0.0562. The first kappa shape index (κ1) is 24.9. The average Bonchev–Trinajstić information content (AvgIpc) is 3.47. The molecule has 0 radical (unpaired) electrons. The molecule has 1 saturated heterocycles. The second kappa shape index (κ2) is 10.3. The normalized spacial score (nSPS) is 19.2. The Morgan fingerprint density at radius 2 is 1.65 bits per heavy atom. The summed E-state index contributed by atoms with van der Waals surface area (Å²) in [6.45, 7) is 3.71. The van der Waals surface area contributed by atoms with Gasteiger partial charge in [-0.15, -0.1) is 0 Å². The number of nitrogens with zero attached hydrogens (tertiary/aromatic N) is 2. The van der Waals surface area contributed by atoms with E-state index in [4.69, 9.17) is 25.8 Å². The highest BCUT2D eigenvalue weighted by molar-refractivity contribution is 6.34. The van der Waals surface area contributed by atoms with Crippen LogP contribution < -0.4 is 0 Å². The number of aryl methyl sites for hydroxylation is 2. The van der Waals surface area contributed by atoms with E-state index in [-0.39, 0.29) is 18.1 Å². The Morgan fingerprint density at radius 3 is 2.30 bits per heavy atom. The summed E-state index contributed by atoms with van der Waals surface area (Å²) in [5, 5.41) is 0.178. The van der Waals surface area contributed by atoms with E-state index in [1.807, 2.05) is 38.1 Å². The number of fused-ring (bicyclic) bond motifs is 1. The Labute approximate surface area is 217 Å². The molecule has 3 aromatic carbocycles. The number of imidazole rings is 1. The summed E-state index contributed by atoms with van der Waals surface area (Å²) in [5.41, 5.74) is 3.70. The number of rotatable bonds is 6. The third-order valence-corrected chi connectivity index (χ3v) is 6.59. The maximum Gasteiger partial charge on any atom is 0.338 e. The van der Waals surface area contributed by atoms with Crippen molar-refractivity contribution >= 4 is 34.6 Å². The molecular formula is C28H24ClFN2O5. The number of halogens is 2. The second-order valence-electron chi connectivity index (χ2n) is 9.05. The van der Waals surface area contributed by atoms with Gasteiger partial charge < -0.3 is 18.8 Å². The number of hydrogen-bond acceptors (Lipinski definition) is 6. The van der Waals surface area contributed by atoms with E-state index in [1.165, 1.54) is 18.5 Å². The number of esters is 2. The zero-order valence-corrected chi connectivity index (χ0v) is 20.9. The molecular weight excluding hydrogens is 499 g/mol. The van der Waals surface area contributed by atoms with Crippen molar-refractivity contribution in [3.05, 3.63) is 100 Å². The van der Waals surface area contributed by atoms with Gasteiger partial charge in [-0.25, -0.2) is 19.0 Å². The fourth-order valence-electron chi connectivity index (χ4n) is 4.26. The summed E-state index contributed by atoms with van der Waals surface area (Å²) < 4.78 is 33.2. The summed E-state index contributed by atoms with van der Waals surface area (Å²) in [4.78, 5) is 29.8. The molecule has 7 nitrogen and oxygen atoms in total. The third-order valence-electron chi connectivity index (χ3n) is 6.30. The molecule has 1 unspecified atom stereocenters. The van der Waals surface area contributed by atoms with Gasteiger partial charge >= 0.3 is 11.9 Å².